The highest BCUT2D eigenvalue weighted by atomic mass is 16.5. The van der Waals surface area contributed by atoms with Crippen molar-refractivity contribution in [2.24, 2.45) is 0 Å². The maximum atomic E-state index is 9.90. The van der Waals surface area contributed by atoms with Crippen LogP contribution in [-0.4, -0.2) is 115 Å². The third-order valence-electron chi connectivity index (χ3n) is 7.13. The molecule has 36 heavy (non-hydrogen) atoms. The van der Waals surface area contributed by atoms with Crippen molar-refractivity contribution in [1.29, 1.82) is 0 Å². The van der Waals surface area contributed by atoms with Gasteiger partial charge in [-0.1, -0.05) is 24.3 Å². The molecule has 196 valence electrons. The summed E-state index contributed by atoms with van der Waals surface area (Å²) in [6.07, 6.45) is 2.68. The third kappa shape index (κ3) is 5.98. The van der Waals surface area contributed by atoms with Gasteiger partial charge < -0.3 is 29.6 Å². The number of hydrogen-bond donors (Lipinski definition) is 2. The van der Waals surface area contributed by atoms with Crippen LogP contribution in [0.1, 0.15) is 22.4 Å². The summed E-state index contributed by atoms with van der Waals surface area (Å²) in [6.45, 7) is 7.33. The number of benzene rings is 1. The van der Waals surface area contributed by atoms with Crippen LogP contribution in [0.25, 0.3) is 5.70 Å². The Labute approximate surface area is 214 Å². The minimum atomic E-state index is -0.0230. The molecular formula is C27H40N6O3. The molecule has 1 fully saturated rings. The number of hydrogen-bond acceptors (Lipinski definition) is 9. The summed E-state index contributed by atoms with van der Waals surface area (Å²) in [4.78, 5) is 18.6. The molecule has 1 unspecified atom stereocenters. The number of aryl methyl sites for hydroxylation is 1. The number of nitrogens with zero attached hydrogens (tertiary/aromatic N) is 6. The van der Waals surface area contributed by atoms with Crippen molar-refractivity contribution >= 4 is 11.5 Å². The minimum absolute atomic E-state index is 0.0230. The van der Waals surface area contributed by atoms with E-state index >= 15 is 0 Å². The maximum Gasteiger partial charge on any atom is 0.318 e. The van der Waals surface area contributed by atoms with Crippen LogP contribution in [0.5, 0.6) is 6.01 Å². The molecular weight excluding hydrogens is 456 g/mol. The van der Waals surface area contributed by atoms with Crippen molar-refractivity contribution < 1.29 is 14.9 Å². The van der Waals surface area contributed by atoms with Gasteiger partial charge in [-0.05, 0) is 46.1 Å². The quantitative estimate of drug-likeness (QED) is 0.532. The third-order valence-corrected chi connectivity index (χ3v) is 7.13. The first-order valence-electron chi connectivity index (χ1n) is 12.8. The van der Waals surface area contributed by atoms with Gasteiger partial charge >= 0.3 is 6.01 Å². The molecule has 0 spiro atoms. The normalized spacial score (nSPS) is 19.1. The topological polar surface area (TPSA) is 88.4 Å². The zero-order chi connectivity index (χ0) is 25.7. The molecule has 9 heteroatoms. The zero-order valence-corrected chi connectivity index (χ0v) is 22.0. The first kappa shape index (κ1) is 26.3. The van der Waals surface area contributed by atoms with E-state index < -0.39 is 0 Å². The monoisotopic (exact) mass is 496 g/mol. The first-order chi connectivity index (χ1) is 17.4. The number of anilines is 1. The SMILES string of the molecule is Cc1ccccc1/C(=C\CO)N1CCc2c(nc(OCCN(C)C)nc2N2CCN(C)C(CO)C2)C1. The Morgan fingerprint density at radius 3 is 2.69 bits per heavy atom. The van der Waals surface area contributed by atoms with Gasteiger partial charge in [0.2, 0.25) is 0 Å². The number of aliphatic hydroxyl groups excluding tert-OH is 2. The van der Waals surface area contributed by atoms with Gasteiger partial charge in [-0.15, -0.1) is 0 Å². The number of aromatic nitrogens is 2. The fourth-order valence-electron chi connectivity index (χ4n) is 4.93. The second-order valence-electron chi connectivity index (χ2n) is 9.93. The average Bonchev–Trinajstić information content (AvgIpc) is 2.87. The van der Waals surface area contributed by atoms with E-state index in [0.717, 1.165) is 67.5 Å². The molecule has 2 aliphatic heterocycles. The summed E-state index contributed by atoms with van der Waals surface area (Å²) in [5.41, 5.74) is 5.43. The predicted octanol–water partition coefficient (Wildman–Crippen LogP) is 1.23. The second kappa shape index (κ2) is 12.0. The fraction of sp³-hybridized carbons (Fsp3) is 0.556. The molecule has 0 bridgehead atoms. The molecule has 4 rings (SSSR count). The lowest BCUT2D eigenvalue weighted by atomic mass is 9.99. The van der Waals surface area contributed by atoms with Crippen molar-refractivity contribution in [1.82, 2.24) is 24.7 Å². The molecule has 1 aromatic carbocycles. The fourth-order valence-corrected chi connectivity index (χ4v) is 4.93. The molecule has 0 radical (unpaired) electrons. The molecule has 1 aromatic heterocycles. The van der Waals surface area contributed by atoms with E-state index in [-0.39, 0.29) is 19.3 Å². The van der Waals surface area contributed by atoms with Crippen molar-refractivity contribution in [3.63, 3.8) is 0 Å². The molecule has 1 atom stereocenters. The van der Waals surface area contributed by atoms with Crippen LogP contribution in [0, 0.1) is 6.92 Å². The van der Waals surface area contributed by atoms with Crippen LogP contribution in [0.15, 0.2) is 30.3 Å². The van der Waals surface area contributed by atoms with Crippen LogP contribution in [0.2, 0.25) is 0 Å². The summed E-state index contributed by atoms with van der Waals surface area (Å²) in [6, 6.07) is 8.74. The van der Waals surface area contributed by atoms with E-state index in [0.29, 0.717) is 19.2 Å². The highest BCUT2D eigenvalue weighted by Gasteiger charge is 2.31. The van der Waals surface area contributed by atoms with Crippen LogP contribution in [0.4, 0.5) is 5.82 Å². The Kier molecular flexibility index (Phi) is 8.79. The Morgan fingerprint density at radius 1 is 1.17 bits per heavy atom. The van der Waals surface area contributed by atoms with E-state index in [2.05, 4.69) is 45.7 Å². The Morgan fingerprint density at radius 2 is 1.97 bits per heavy atom. The molecule has 2 aromatic rings. The first-order valence-corrected chi connectivity index (χ1v) is 12.8. The second-order valence-corrected chi connectivity index (χ2v) is 9.93. The number of ether oxygens (including phenoxy) is 1. The lowest BCUT2D eigenvalue weighted by Gasteiger charge is -2.41. The Bertz CT molecular complexity index is 1060. The van der Waals surface area contributed by atoms with E-state index in [9.17, 15) is 10.2 Å². The van der Waals surface area contributed by atoms with Gasteiger partial charge in [0.15, 0.2) is 0 Å². The van der Waals surface area contributed by atoms with Crippen molar-refractivity contribution in [3.05, 3.63) is 52.7 Å². The van der Waals surface area contributed by atoms with Gasteiger partial charge in [0, 0.05) is 49.5 Å². The molecule has 2 aliphatic rings. The summed E-state index contributed by atoms with van der Waals surface area (Å²) in [5, 5.41) is 19.7. The van der Waals surface area contributed by atoms with Crippen molar-refractivity contribution in [2.75, 3.05) is 78.6 Å². The molecule has 0 saturated carbocycles. The van der Waals surface area contributed by atoms with E-state index in [1.54, 1.807) is 0 Å². The highest BCUT2D eigenvalue weighted by molar-refractivity contribution is 5.67. The Balaban J connectivity index is 1.67. The van der Waals surface area contributed by atoms with Crippen LogP contribution < -0.4 is 9.64 Å². The predicted molar refractivity (Wildman–Crippen MR) is 142 cm³/mol. The lowest BCUT2D eigenvalue weighted by molar-refractivity contribution is 0.135. The number of piperazine rings is 1. The molecule has 1 saturated heterocycles. The summed E-state index contributed by atoms with van der Waals surface area (Å²) in [5.74, 6) is 0.926. The standard InChI is InChI=1S/C27H40N6O3/c1-20-7-5-6-8-22(20)25(10-15-34)32-11-9-23-24(18-32)28-27(36-16-14-30(2)3)29-26(23)33-13-12-31(4)21(17-33)19-35/h5-8,10,21,34-35H,9,11-19H2,1-4H3/b25-10+. The number of rotatable bonds is 9. The van der Waals surface area contributed by atoms with E-state index in [1.807, 2.05) is 32.3 Å². The zero-order valence-electron chi connectivity index (χ0n) is 22.0. The van der Waals surface area contributed by atoms with Crippen LogP contribution in [-0.2, 0) is 13.0 Å². The molecule has 2 N–H and O–H groups in total. The van der Waals surface area contributed by atoms with E-state index in [4.69, 9.17) is 14.7 Å². The van der Waals surface area contributed by atoms with Crippen molar-refractivity contribution in [2.45, 2.75) is 25.9 Å². The maximum absolute atomic E-state index is 9.90. The molecule has 9 nitrogen and oxygen atoms in total. The smallest absolute Gasteiger partial charge is 0.318 e. The Hall–Kier alpha value is -2.72. The van der Waals surface area contributed by atoms with Crippen LogP contribution >= 0.6 is 0 Å². The number of aliphatic hydroxyl groups is 2. The number of likely N-dealkylation sites (N-methyl/N-ethyl adjacent to an activating group) is 2. The van der Waals surface area contributed by atoms with Gasteiger partial charge in [0.1, 0.15) is 12.4 Å². The molecule has 0 aliphatic carbocycles. The summed E-state index contributed by atoms with van der Waals surface area (Å²) < 4.78 is 6.01. The average molecular weight is 497 g/mol. The van der Waals surface area contributed by atoms with Crippen molar-refractivity contribution in [3.8, 4) is 6.01 Å². The highest BCUT2D eigenvalue weighted by Crippen LogP contribution is 2.33. The van der Waals surface area contributed by atoms with Gasteiger partial charge in [0.25, 0.3) is 0 Å². The van der Waals surface area contributed by atoms with Gasteiger partial charge in [-0.3, -0.25) is 4.90 Å². The molecule has 3 heterocycles. The van der Waals surface area contributed by atoms with E-state index in [1.165, 1.54) is 5.56 Å². The lowest BCUT2D eigenvalue weighted by Crippen LogP contribution is -2.53. The number of fused-ring (bicyclic) bond motifs is 1. The van der Waals surface area contributed by atoms with Gasteiger partial charge in [-0.25, -0.2) is 0 Å². The summed E-state index contributed by atoms with van der Waals surface area (Å²) >= 11 is 0. The van der Waals surface area contributed by atoms with Crippen LogP contribution in [0.3, 0.4) is 0 Å². The summed E-state index contributed by atoms with van der Waals surface area (Å²) in [7, 11) is 6.09. The largest absolute Gasteiger partial charge is 0.462 e. The molecule has 0 amide bonds. The minimum Gasteiger partial charge on any atom is -0.462 e. The van der Waals surface area contributed by atoms with Gasteiger partial charge in [-0.2, -0.15) is 9.97 Å². The van der Waals surface area contributed by atoms with Gasteiger partial charge in [0.05, 0.1) is 31.5 Å².